The molecule has 8 heteroatoms. The van der Waals surface area contributed by atoms with Gasteiger partial charge in [-0.2, -0.15) is 5.10 Å². The van der Waals surface area contributed by atoms with E-state index in [9.17, 15) is 8.42 Å². The molecule has 134 valence electrons. The third-order valence-electron chi connectivity index (χ3n) is 4.38. The Morgan fingerprint density at radius 2 is 1.73 bits per heavy atom. The van der Waals surface area contributed by atoms with Gasteiger partial charge >= 0.3 is 0 Å². The summed E-state index contributed by atoms with van der Waals surface area (Å²) >= 11 is 1.58. The molecule has 6 nitrogen and oxygen atoms in total. The molecule has 2 aromatic heterocycles. The van der Waals surface area contributed by atoms with Gasteiger partial charge in [-0.1, -0.05) is 12.1 Å². The lowest BCUT2D eigenvalue weighted by Gasteiger charge is -2.28. The van der Waals surface area contributed by atoms with Crippen LogP contribution in [0.1, 0.15) is 5.69 Å². The second-order valence-corrected chi connectivity index (χ2v) is 9.61. The predicted molar refractivity (Wildman–Crippen MR) is 104 cm³/mol. The molecule has 1 fully saturated rings. The number of thiazole rings is 1. The highest BCUT2D eigenvalue weighted by atomic mass is 32.2. The van der Waals surface area contributed by atoms with Crippen molar-refractivity contribution >= 4 is 26.9 Å². The molecule has 1 aliphatic heterocycles. The van der Waals surface area contributed by atoms with E-state index < -0.39 is 9.84 Å². The molecule has 0 bridgehead atoms. The van der Waals surface area contributed by atoms with Gasteiger partial charge in [0, 0.05) is 25.0 Å². The quantitative estimate of drug-likeness (QED) is 0.689. The van der Waals surface area contributed by atoms with Crippen molar-refractivity contribution in [2.24, 2.45) is 0 Å². The van der Waals surface area contributed by atoms with Crippen molar-refractivity contribution in [1.82, 2.24) is 15.2 Å². The third kappa shape index (κ3) is 3.61. The average Bonchev–Trinajstić information content (AvgIpc) is 3.13. The molecule has 0 unspecified atom stereocenters. The average molecular weight is 387 g/mol. The topological polar surface area (TPSA) is 76.1 Å². The van der Waals surface area contributed by atoms with E-state index in [1.165, 1.54) is 0 Å². The maximum Gasteiger partial charge on any atom is 0.153 e. The summed E-state index contributed by atoms with van der Waals surface area (Å²) in [6, 6.07) is 12.0. The van der Waals surface area contributed by atoms with Crippen molar-refractivity contribution in [2.75, 3.05) is 29.5 Å². The minimum Gasteiger partial charge on any atom is -0.369 e. The monoisotopic (exact) mass is 386 g/mol. The van der Waals surface area contributed by atoms with Crippen LogP contribution < -0.4 is 4.90 Å². The second kappa shape index (κ2) is 6.77. The molecular formula is C18H18N4O2S2. The van der Waals surface area contributed by atoms with E-state index in [-0.39, 0.29) is 11.5 Å². The van der Waals surface area contributed by atoms with Crippen LogP contribution >= 0.6 is 11.3 Å². The highest BCUT2D eigenvalue weighted by molar-refractivity contribution is 7.91. The summed E-state index contributed by atoms with van der Waals surface area (Å²) in [6.07, 6.45) is 1.85. The molecule has 0 atom stereocenters. The van der Waals surface area contributed by atoms with E-state index in [0.717, 1.165) is 32.5 Å². The molecule has 0 radical (unpaired) electrons. The number of anilines is 1. The molecule has 1 saturated heterocycles. The van der Waals surface area contributed by atoms with Gasteiger partial charge in [-0.25, -0.2) is 13.4 Å². The van der Waals surface area contributed by atoms with E-state index in [0.29, 0.717) is 13.1 Å². The first-order valence-corrected chi connectivity index (χ1v) is 11.0. The van der Waals surface area contributed by atoms with E-state index in [1.807, 2.05) is 37.4 Å². The third-order valence-corrected chi connectivity index (χ3v) is 7.06. The Morgan fingerprint density at radius 3 is 2.38 bits per heavy atom. The Kier molecular flexibility index (Phi) is 4.46. The summed E-state index contributed by atoms with van der Waals surface area (Å²) in [5.41, 5.74) is 3.80. The number of nitrogens with zero attached hydrogens (tertiary/aromatic N) is 4. The highest BCUT2D eigenvalue weighted by Gasteiger charge is 2.21. The minimum absolute atomic E-state index is 0.227. The summed E-state index contributed by atoms with van der Waals surface area (Å²) in [6.45, 7) is 3.01. The molecule has 0 amide bonds. The maximum atomic E-state index is 11.6. The summed E-state index contributed by atoms with van der Waals surface area (Å²) < 4.78 is 23.1. The molecule has 1 aliphatic rings. The molecule has 0 N–H and O–H groups in total. The SMILES string of the molecule is Cc1ccc(-c2ncc(-c3ccc(N4CCS(=O)(=O)CC4)cc3)s2)nn1. The van der Waals surface area contributed by atoms with Gasteiger partial charge in [-0.15, -0.1) is 16.4 Å². The van der Waals surface area contributed by atoms with Gasteiger partial charge in [0.1, 0.15) is 10.7 Å². The number of sulfone groups is 1. The lowest BCUT2D eigenvalue weighted by molar-refractivity contribution is 0.587. The number of aryl methyl sites for hydroxylation is 1. The molecule has 1 aromatic carbocycles. The van der Waals surface area contributed by atoms with Crippen LogP contribution in [0.2, 0.25) is 0 Å². The number of hydrogen-bond donors (Lipinski definition) is 0. The van der Waals surface area contributed by atoms with Crippen LogP contribution in [-0.4, -0.2) is 48.2 Å². The van der Waals surface area contributed by atoms with Crippen molar-refractivity contribution in [3.8, 4) is 21.1 Å². The van der Waals surface area contributed by atoms with E-state index >= 15 is 0 Å². The smallest absolute Gasteiger partial charge is 0.153 e. The number of rotatable bonds is 3. The zero-order valence-corrected chi connectivity index (χ0v) is 15.9. The van der Waals surface area contributed by atoms with Gasteiger partial charge in [-0.05, 0) is 36.8 Å². The first-order chi connectivity index (χ1) is 12.5. The zero-order chi connectivity index (χ0) is 18.1. The maximum absolute atomic E-state index is 11.6. The number of aromatic nitrogens is 3. The highest BCUT2D eigenvalue weighted by Crippen LogP contribution is 2.32. The largest absolute Gasteiger partial charge is 0.369 e. The predicted octanol–water partition coefficient (Wildman–Crippen LogP) is 2.81. The van der Waals surface area contributed by atoms with Gasteiger partial charge in [0.05, 0.1) is 22.1 Å². The van der Waals surface area contributed by atoms with E-state index in [1.54, 1.807) is 11.3 Å². The summed E-state index contributed by atoms with van der Waals surface area (Å²) in [5.74, 6) is 0.453. The fourth-order valence-corrected chi connectivity index (χ4v) is 4.93. The standard InChI is InChI=1S/C18H18N4O2S2/c1-13-2-7-16(21-20-13)18-19-12-17(25-18)14-3-5-15(6-4-14)22-8-10-26(23,24)11-9-22/h2-7,12H,8-11H2,1H3. The Morgan fingerprint density at radius 1 is 1.00 bits per heavy atom. The normalized spacial score (nSPS) is 16.6. The van der Waals surface area contributed by atoms with Crippen LogP contribution in [0.4, 0.5) is 5.69 Å². The fraction of sp³-hybridized carbons (Fsp3) is 0.278. The van der Waals surface area contributed by atoms with E-state index in [4.69, 9.17) is 0 Å². The van der Waals surface area contributed by atoms with Gasteiger partial charge < -0.3 is 4.90 Å². The van der Waals surface area contributed by atoms with Gasteiger partial charge in [0.15, 0.2) is 9.84 Å². The van der Waals surface area contributed by atoms with Gasteiger partial charge in [-0.3, -0.25) is 0 Å². The van der Waals surface area contributed by atoms with Crippen molar-refractivity contribution in [3.63, 3.8) is 0 Å². The van der Waals surface area contributed by atoms with Gasteiger partial charge in [0.25, 0.3) is 0 Å². The Hall–Kier alpha value is -2.32. The van der Waals surface area contributed by atoms with Crippen LogP contribution in [0.25, 0.3) is 21.1 Å². The zero-order valence-electron chi connectivity index (χ0n) is 14.3. The summed E-state index contributed by atoms with van der Waals surface area (Å²) in [5, 5.41) is 9.11. The minimum atomic E-state index is -2.86. The van der Waals surface area contributed by atoms with Crippen LogP contribution in [-0.2, 0) is 9.84 Å². The van der Waals surface area contributed by atoms with Crippen molar-refractivity contribution in [2.45, 2.75) is 6.92 Å². The Bertz CT molecular complexity index is 998. The molecule has 4 rings (SSSR count). The van der Waals surface area contributed by atoms with Crippen molar-refractivity contribution < 1.29 is 8.42 Å². The first kappa shape index (κ1) is 17.1. The van der Waals surface area contributed by atoms with Crippen LogP contribution in [0.3, 0.4) is 0 Å². The molecule has 26 heavy (non-hydrogen) atoms. The van der Waals surface area contributed by atoms with Crippen LogP contribution in [0.5, 0.6) is 0 Å². The lowest BCUT2D eigenvalue weighted by atomic mass is 10.2. The Balaban J connectivity index is 1.51. The number of benzene rings is 1. The van der Waals surface area contributed by atoms with Crippen LogP contribution in [0.15, 0.2) is 42.6 Å². The molecular weight excluding hydrogens is 368 g/mol. The first-order valence-electron chi connectivity index (χ1n) is 8.32. The molecule has 0 aliphatic carbocycles. The molecule has 3 aromatic rings. The Labute approximate surface area is 156 Å². The lowest BCUT2D eigenvalue weighted by Crippen LogP contribution is -2.40. The molecule has 0 saturated carbocycles. The van der Waals surface area contributed by atoms with Crippen LogP contribution in [0, 0.1) is 6.92 Å². The van der Waals surface area contributed by atoms with Crippen molar-refractivity contribution in [1.29, 1.82) is 0 Å². The van der Waals surface area contributed by atoms with E-state index in [2.05, 4.69) is 32.2 Å². The number of hydrogen-bond acceptors (Lipinski definition) is 7. The second-order valence-electron chi connectivity index (χ2n) is 6.28. The summed E-state index contributed by atoms with van der Waals surface area (Å²) in [4.78, 5) is 7.64. The van der Waals surface area contributed by atoms with Crippen molar-refractivity contribution in [3.05, 3.63) is 48.3 Å². The fourth-order valence-electron chi connectivity index (χ4n) is 2.85. The molecule has 0 spiro atoms. The molecule has 3 heterocycles. The van der Waals surface area contributed by atoms with Gasteiger partial charge in [0.2, 0.25) is 0 Å². The summed E-state index contributed by atoms with van der Waals surface area (Å²) in [7, 11) is -2.86.